The van der Waals surface area contributed by atoms with Crippen molar-refractivity contribution in [3.05, 3.63) is 36.5 Å². The van der Waals surface area contributed by atoms with Crippen LogP contribution in [0, 0.1) is 0 Å². The molecule has 3 rings (SSSR count). The molecule has 1 aromatic heterocycles. The number of benzene rings is 1. The molecule has 0 spiro atoms. The molecule has 11 heteroatoms. The van der Waals surface area contributed by atoms with Gasteiger partial charge >= 0.3 is 12.1 Å². The SMILES string of the molecule is CCN(C1CCC(N)CC1)S(=O)(=O)c1ccc2ncccc2c1.O=C(O)C(F)(F)F. The molecule has 0 atom stereocenters. The molecule has 1 fully saturated rings. The summed E-state index contributed by atoms with van der Waals surface area (Å²) in [7, 11) is -3.49. The van der Waals surface area contributed by atoms with E-state index in [1.807, 2.05) is 19.1 Å². The van der Waals surface area contributed by atoms with E-state index in [0.717, 1.165) is 36.6 Å². The Morgan fingerprint density at radius 1 is 1.23 bits per heavy atom. The summed E-state index contributed by atoms with van der Waals surface area (Å²) in [6.07, 6.45) is 0.0729. The number of hydrogen-bond donors (Lipinski definition) is 2. The van der Waals surface area contributed by atoms with Gasteiger partial charge in [-0.25, -0.2) is 13.2 Å². The maximum Gasteiger partial charge on any atom is 0.490 e. The first-order chi connectivity index (χ1) is 14.0. The Kier molecular flexibility index (Phi) is 7.78. The van der Waals surface area contributed by atoms with Gasteiger partial charge in [-0.15, -0.1) is 0 Å². The summed E-state index contributed by atoms with van der Waals surface area (Å²) >= 11 is 0. The molecule has 2 aromatic rings. The van der Waals surface area contributed by atoms with E-state index in [0.29, 0.717) is 11.4 Å². The topological polar surface area (TPSA) is 114 Å². The van der Waals surface area contributed by atoms with Crippen molar-refractivity contribution in [2.45, 2.75) is 55.8 Å². The molecule has 1 aromatic carbocycles. The van der Waals surface area contributed by atoms with Crippen LogP contribution in [0.15, 0.2) is 41.4 Å². The minimum atomic E-state index is -5.08. The highest BCUT2D eigenvalue weighted by Crippen LogP contribution is 2.28. The molecule has 0 saturated heterocycles. The van der Waals surface area contributed by atoms with Gasteiger partial charge in [-0.05, 0) is 49.9 Å². The summed E-state index contributed by atoms with van der Waals surface area (Å²) in [5.41, 5.74) is 6.75. The van der Waals surface area contributed by atoms with Gasteiger partial charge in [0.1, 0.15) is 0 Å². The van der Waals surface area contributed by atoms with E-state index < -0.39 is 22.2 Å². The van der Waals surface area contributed by atoms with Crippen LogP contribution in [-0.2, 0) is 14.8 Å². The number of alkyl halides is 3. The Morgan fingerprint density at radius 3 is 2.37 bits per heavy atom. The predicted octanol–water partition coefficient (Wildman–Crippen LogP) is 3.15. The van der Waals surface area contributed by atoms with Crippen LogP contribution in [-0.4, -0.2) is 53.6 Å². The lowest BCUT2D eigenvalue weighted by Crippen LogP contribution is -2.44. The number of nitrogens with two attached hydrogens (primary N) is 1. The number of nitrogens with zero attached hydrogens (tertiary/aromatic N) is 2. The third-order valence-corrected chi connectivity index (χ3v) is 6.91. The lowest BCUT2D eigenvalue weighted by atomic mass is 9.92. The summed E-state index contributed by atoms with van der Waals surface area (Å²) in [5, 5.41) is 7.97. The van der Waals surface area contributed by atoms with E-state index in [4.69, 9.17) is 15.6 Å². The van der Waals surface area contributed by atoms with Crippen LogP contribution >= 0.6 is 0 Å². The van der Waals surface area contributed by atoms with Gasteiger partial charge in [0.05, 0.1) is 10.4 Å². The summed E-state index contributed by atoms with van der Waals surface area (Å²) in [6.45, 7) is 2.38. The van der Waals surface area contributed by atoms with Gasteiger partial charge in [0.25, 0.3) is 0 Å². The molecule has 1 saturated carbocycles. The van der Waals surface area contributed by atoms with E-state index >= 15 is 0 Å². The summed E-state index contributed by atoms with van der Waals surface area (Å²) < 4.78 is 59.5. The van der Waals surface area contributed by atoms with Crippen LogP contribution in [0.25, 0.3) is 10.9 Å². The predicted molar refractivity (Wildman–Crippen MR) is 105 cm³/mol. The van der Waals surface area contributed by atoms with Crippen LogP contribution in [0.4, 0.5) is 13.2 Å². The van der Waals surface area contributed by atoms with E-state index in [2.05, 4.69) is 4.98 Å². The quantitative estimate of drug-likeness (QED) is 0.744. The molecule has 30 heavy (non-hydrogen) atoms. The van der Waals surface area contributed by atoms with Gasteiger partial charge in [-0.3, -0.25) is 4.98 Å². The van der Waals surface area contributed by atoms with Crippen LogP contribution in [0.2, 0.25) is 0 Å². The third kappa shape index (κ3) is 5.89. The van der Waals surface area contributed by atoms with Crippen LogP contribution in [0.1, 0.15) is 32.6 Å². The second kappa shape index (κ2) is 9.71. The van der Waals surface area contributed by atoms with Crippen molar-refractivity contribution in [1.29, 1.82) is 0 Å². The first-order valence-corrected chi connectivity index (χ1v) is 10.8. The zero-order valence-electron chi connectivity index (χ0n) is 16.3. The Labute approximate surface area is 172 Å². The highest BCUT2D eigenvalue weighted by Gasteiger charge is 2.38. The summed E-state index contributed by atoms with van der Waals surface area (Å²) in [6, 6.07) is 9.11. The number of carboxylic acid groups (broad SMARTS) is 1. The number of sulfonamides is 1. The highest BCUT2D eigenvalue weighted by atomic mass is 32.2. The normalized spacial score (nSPS) is 19.9. The van der Waals surface area contributed by atoms with Gasteiger partial charge in [0.15, 0.2) is 0 Å². The van der Waals surface area contributed by atoms with E-state index in [1.165, 1.54) is 0 Å². The summed E-state index contributed by atoms with van der Waals surface area (Å²) in [5.74, 6) is -2.76. The molecule has 0 amide bonds. The second-order valence-electron chi connectivity index (χ2n) is 6.94. The van der Waals surface area contributed by atoms with Gasteiger partial charge in [-0.1, -0.05) is 13.0 Å². The van der Waals surface area contributed by atoms with Crippen LogP contribution in [0.3, 0.4) is 0 Å². The standard InChI is InChI=1S/C17H23N3O2S.C2HF3O2/c1-2-20(15-7-5-14(18)6-8-15)23(21,22)16-9-10-17-13(12-16)4-3-11-19-17;3-2(4,5)1(6)7/h3-4,9-12,14-15H,2,5-8,18H2,1H3;(H,6,7). The lowest BCUT2D eigenvalue weighted by Gasteiger charge is -2.34. The molecule has 0 unspecified atom stereocenters. The van der Waals surface area contributed by atoms with E-state index in [9.17, 15) is 21.6 Å². The zero-order valence-corrected chi connectivity index (χ0v) is 17.2. The Bertz CT molecular complexity index is 974. The molecule has 0 bridgehead atoms. The van der Waals surface area contributed by atoms with Crippen molar-refractivity contribution in [3.8, 4) is 0 Å². The lowest BCUT2D eigenvalue weighted by molar-refractivity contribution is -0.192. The number of halogens is 3. The fourth-order valence-corrected chi connectivity index (χ4v) is 5.09. The number of aliphatic carboxylic acids is 1. The molecule has 166 valence electrons. The number of aromatic nitrogens is 1. The van der Waals surface area contributed by atoms with Crippen molar-refractivity contribution in [1.82, 2.24) is 9.29 Å². The maximum atomic E-state index is 13.1. The molecule has 1 aliphatic carbocycles. The van der Waals surface area contributed by atoms with Crippen molar-refractivity contribution >= 4 is 26.9 Å². The van der Waals surface area contributed by atoms with Crippen molar-refractivity contribution in [2.75, 3.05) is 6.54 Å². The van der Waals surface area contributed by atoms with Crippen LogP contribution < -0.4 is 5.73 Å². The molecular formula is C19H24F3N3O4S. The molecule has 1 aliphatic rings. The Balaban J connectivity index is 0.000000396. The number of rotatable bonds is 4. The average molecular weight is 447 g/mol. The van der Waals surface area contributed by atoms with Crippen molar-refractivity contribution in [3.63, 3.8) is 0 Å². The summed E-state index contributed by atoms with van der Waals surface area (Å²) in [4.78, 5) is 13.5. The number of carbonyl (C=O) groups is 1. The van der Waals surface area contributed by atoms with Crippen molar-refractivity contribution < 1.29 is 31.5 Å². The minimum absolute atomic E-state index is 0.0504. The molecule has 0 radical (unpaired) electrons. The van der Waals surface area contributed by atoms with E-state index in [1.54, 1.807) is 28.7 Å². The fourth-order valence-electron chi connectivity index (χ4n) is 3.36. The molecule has 0 aliphatic heterocycles. The molecule has 3 N–H and O–H groups in total. The minimum Gasteiger partial charge on any atom is -0.475 e. The second-order valence-corrected chi connectivity index (χ2v) is 8.83. The molecular weight excluding hydrogens is 423 g/mol. The highest BCUT2D eigenvalue weighted by molar-refractivity contribution is 7.89. The largest absolute Gasteiger partial charge is 0.490 e. The van der Waals surface area contributed by atoms with Gasteiger partial charge in [0, 0.05) is 30.2 Å². The van der Waals surface area contributed by atoms with Gasteiger partial charge < -0.3 is 10.8 Å². The first kappa shape index (κ1) is 24.0. The number of carboxylic acids is 1. The van der Waals surface area contributed by atoms with Gasteiger partial charge in [0.2, 0.25) is 10.0 Å². The first-order valence-electron chi connectivity index (χ1n) is 9.39. The average Bonchev–Trinajstić information content (AvgIpc) is 2.69. The monoisotopic (exact) mass is 447 g/mol. The molecule has 1 heterocycles. The fraction of sp³-hybridized carbons (Fsp3) is 0.474. The third-order valence-electron chi connectivity index (χ3n) is 4.88. The van der Waals surface area contributed by atoms with Gasteiger partial charge in [-0.2, -0.15) is 17.5 Å². The van der Waals surface area contributed by atoms with Crippen LogP contribution in [0.5, 0.6) is 0 Å². The Morgan fingerprint density at radius 2 is 1.83 bits per heavy atom. The number of hydrogen-bond acceptors (Lipinski definition) is 5. The maximum absolute atomic E-state index is 13.1. The molecule has 7 nitrogen and oxygen atoms in total. The number of fused-ring (bicyclic) bond motifs is 1. The smallest absolute Gasteiger partial charge is 0.475 e. The van der Waals surface area contributed by atoms with Crippen molar-refractivity contribution in [2.24, 2.45) is 5.73 Å². The zero-order chi connectivity index (χ0) is 22.5. The van der Waals surface area contributed by atoms with E-state index in [-0.39, 0.29) is 12.1 Å². The Hall–Kier alpha value is -2.24. The number of pyridine rings is 1.